The van der Waals surface area contributed by atoms with Crippen LogP contribution in [0.3, 0.4) is 0 Å². The zero-order chi connectivity index (χ0) is 15.7. The van der Waals surface area contributed by atoms with E-state index < -0.39 is 0 Å². The standard InChI is InChI=1S/C20H39N/c1-7-20(5,6)16-8-10-17(11-9-16)21-18-12-13-19(3,4)14-15(18)2/h15-18,21H,7-14H2,1-6H3. The molecule has 2 unspecified atom stereocenters. The van der Waals surface area contributed by atoms with Crippen molar-refractivity contribution in [2.24, 2.45) is 22.7 Å². The van der Waals surface area contributed by atoms with Gasteiger partial charge in [0.25, 0.3) is 0 Å². The summed E-state index contributed by atoms with van der Waals surface area (Å²) in [6.45, 7) is 14.6. The fourth-order valence-electron chi connectivity index (χ4n) is 4.83. The third-order valence-electron chi connectivity index (χ3n) is 6.89. The van der Waals surface area contributed by atoms with Crippen molar-refractivity contribution in [2.75, 3.05) is 0 Å². The third kappa shape index (κ3) is 4.47. The van der Waals surface area contributed by atoms with Crippen molar-refractivity contribution in [2.45, 2.75) is 105 Å². The van der Waals surface area contributed by atoms with Gasteiger partial charge in [-0.05, 0) is 67.6 Å². The predicted octanol–water partition coefficient (Wildman–Crippen LogP) is 5.79. The molecule has 2 aliphatic rings. The molecule has 1 heteroatoms. The van der Waals surface area contributed by atoms with Crippen molar-refractivity contribution in [3.05, 3.63) is 0 Å². The summed E-state index contributed by atoms with van der Waals surface area (Å²) < 4.78 is 0. The minimum Gasteiger partial charge on any atom is -0.311 e. The first kappa shape index (κ1) is 17.3. The Balaban J connectivity index is 1.79. The second-order valence-electron chi connectivity index (χ2n) is 9.55. The second-order valence-corrected chi connectivity index (χ2v) is 9.55. The van der Waals surface area contributed by atoms with Crippen LogP contribution in [0.1, 0.15) is 92.9 Å². The average molecular weight is 294 g/mol. The lowest BCUT2D eigenvalue weighted by atomic mass is 9.68. The van der Waals surface area contributed by atoms with E-state index in [1.54, 1.807) is 0 Å². The van der Waals surface area contributed by atoms with E-state index in [4.69, 9.17) is 0 Å². The van der Waals surface area contributed by atoms with Gasteiger partial charge in [0.05, 0.1) is 0 Å². The monoisotopic (exact) mass is 293 g/mol. The highest BCUT2D eigenvalue weighted by atomic mass is 15.0. The van der Waals surface area contributed by atoms with Crippen LogP contribution in [0.2, 0.25) is 0 Å². The molecule has 0 spiro atoms. The summed E-state index contributed by atoms with van der Waals surface area (Å²) in [6.07, 6.45) is 11.2. The molecule has 0 amide bonds. The molecule has 124 valence electrons. The molecule has 0 aromatic heterocycles. The van der Waals surface area contributed by atoms with Crippen LogP contribution in [0.25, 0.3) is 0 Å². The van der Waals surface area contributed by atoms with Gasteiger partial charge in [-0.1, -0.05) is 48.0 Å². The van der Waals surface area contributed by atoms with Gasteiger partial charge < -0.3 is 5.32 Å². The van der Waals surface area contributed by atoms with Crippen molar-refractivity contribution in [3.63, 3.8) is 0 Å². The number of nitrogens with one attached hydrogen (secondary N) is 1. The van der Waals surface area contributed by atoms with E-state index in [1.165, 1.54) is 51.4 Å². The summed E-state index contributed by atoms with van der Waals surface area (Å²) in [5.41, 5.74) is 1.12. The Kier molecular flexibility index (Phi) is 5.45. The van der Waals surface area contributed by atoms with Gasteiger partial charge in [0.1, 0.15) is 0 Å². The van der Waals surface area contributed by atoms with E-state index in [9.17, 15) is 0 Å². The summed E-state index contributed by atoms with van der Waals surface area (Å²) in [5.74, 6) is 1.79. The summed E-state index contributed by atoms with van der Waals surface area (Å²) in [6, 6.07) is 1.57. The highest BCUT2D eigenvalue weighted by Crippen LogP contribution is 2.42. The summed E-state index contributed by atoms with van der Waals surface area (Å²) in [5, 5.41) is 4.04. The number of hydrogen-bond acceptors (Lipinski definition) is 1. The number of rotatable bonds is 4. The van der Waals surface area contributed by atoms with Crippen LogP contribution in [0.15, 0.2) is 0 Å². The largest absolute Gasteiger partial charge is 0.311 e. The predicted molar refractivity (Wildman–Crippen MR) is 93.5 cm³/mol. The molecule has 2 atom stereocenters. The zero-order valence-electron chi connectivity index (χ0n) is 15.5. The molecule has 0 radical (unpaired) electrons. The van der Waals surface area contributed by atoms with Crippen molar-refractivity contribution in [3.8, 4) is 0 Å². The normalized spacial score (nSPS) is 37.4. The van der Waals surface area contributed by atoms with Gasteiger partial charge in [-0.3, -0.25) is 0 Å². The van der Waals surface area contributed by atoms with Crippen LogP contribution in [-0.4, -0.2) is 12.1 Å². The van der Waals surface area contributed by atoms with Gasteiger partial charge >= 0.3 is 0 Å². The van der Waals surface area contributed by atoms with Gasteiger partial charge in [0, 0.05) is 12.1 Å². The smallest absolute Gasteiger partial charge is 0.00956 e. The first-order valence-corrected chi connectivity index (χ1v) is 9.49. The first-order valence-electron chi connectivity index (χ1n) is 9.49. The zero-order valence-corrected chi connectivity index (χ0v) is 15.5. The fourth-order valence-corrected chi connectivity index (χ4v) is 4.83. The quantitative estimate of drug-likeness (QED) is 0.692. The molecule has 0 aromatic carbocycles. The van der Waals surface area contributed by atoms with E-state index in [1.807, 2.05) is 0 Å². The molecule has 0 bridgehead atoms. The SMILES string of the molecule is CCC(C)(C)C1CCC(NC2CCC(C)(C)CC2C)CC1. The lowest BCUT2D eigenvalue weighted by Gasteiger charge is -2.44. The van der Waals surface area contributed by atoms with Crippen LogP contribution in [0.4, 0.5) is 0 Å². The van der Waals surface area contributed by atoms with E-state index in [-0.39, 0.29) is 0 Å². The molecule has 0 aromatic rings. The van der Waals surface area contributed by atoms with Crippen LogP contribution in [0.5, 0.6) is 0 Å². The Morgan fingerprint density at radius 1 is 1.05 bits per heavy atom. The molecule has 0 heterocycles. The van der Waals surface area contributed by atoms with Crippen molar-refractivity contribution in [1.82, 2.24) is 5.32 Å². The van der Waals surface area contributed by atoms with E-state index >= 15 is 0 Å². The second kappa shape index (κ2) is 6.60. The van der Waals surface area contributed by atoms with Crippen molar-refractivity contribution >= 4 is 0 Å². The molecule has 21 heavy (non-hydrogen) atoms. The lowest BCUT2D eigenvalue weighted by molar-refractivity contribution is 0.108. The minimum absolute atomic E-state index is 0.549. The molecule has 2 saturated carbocycles. The summed E-state index contributed by atoms with van der Waals surface area (Å²) in [4.78, 5) is 0. The molecule has 2 fully saturated rings. The molecular weight excluding hydrogens is 254 g/mol. The Hall–Kier alpha value is -0.0400. The Morgan fingerprint density at radius 3 is 2.19 bits per heavy atom. The minimum atomic E-state index is 0.549. The molecule has 2 aliphatic carbocycles. The van der Waals surface area contributed by atoms with Crippen LogP contribution in [0, 0.1) is 22.7 Å². The van der Waals surface area contributed by atoms with Gasteiger partial charge in [-0.2, -0.15) is 0 Å². The highest BCUT2D eigenvalue weighted by molar-refractivity contribution is 4.91. The Labute approximate surface area is 133 Å². The molecule has 2 rings (SSSR count). The summed E-state index contributed by atoms with van der Waals surface area (Å²) in [7, 11) is 0. The van der Waals surface area contributed by atoms with Gasteiger partial charge in [0.2, 0.25) is 0 Å². The lowest BCUT2D eigenvalue weighted by Crippen LogP contribution is -2.48. The van der Waals surface area contributed by atoms with Gasteiger partial charge in [-0.15, -0.1) is 0 Å². The summed E-state index contributed by atoms with van der Waals surface area (Å²) >= 11 is 0. The topological polar surface area (TPSA) is 12.0 Å². The van der Waals surface area contributed by atoms with Crippen LogP contribution >= 0.6 is 0 Å². The maximum atomic E-state index is 4.04. The maximum Gasteiger partial charge on any atom is 0.00956 e. The Morgan fingerprint density at radius 2 is 1.67 bits per heavy atom. The molecule has 1 nitrogen and oxygen atoms in total. The average Bonchev–Trinajstić information content (AvgIpc) is 2.42. The Bertz CT molecular complexity index is 323. The fraction of sp³-hybridized carbons (Fsp3) is 1.00. The molecular formula is C20H39N. The third-order valence-corrected chi connectivity index (χ3v) is 6.89. The molecule has 0 saturated heterocycles. The van der Waals surface area contributed by atoms with E-state index in [2.05, 4.69) is 46.9 Å². The van der Waals surface area contributed by atoms with E-state index in [0.717, 1.165) is 23.9 Å². The van der Waals surface area contributed by atoms with Gasteiger partial charge in [0.15, 0.2) is 0 Å². The van der Waals surface area contributed by atoms with Crippen molar-refractivity contribution < 1.29 is 0 Å². The van der Waals surface area contributed by atoms with Crippen LogP contribution in [-0.2, 0) is 0 Å². The van der Waals surface area contributed by atoms with Gasteiger partial charge in [-0.25, -0.2) is 0 Å². The molecule has 1 N–H and O–H groups in total. The van der Waals surface area contributed by atoms with Crippen LogP contribution < -0.4 is 5.32 Å². The first-order chi connectivity index (χ1) is 9.73. The molecule has 0 aliphatic heterocycles. The van der Waals surface area contributed by atoms with E-state index in [0.29, 0.717) is 10.8 Å². The maximum absolute atomic E-state index is 4.04. The number of hydrogen-bond donors (Lipinski definition) is 1. The van der Waals surface area contributed by atoms with Crippen molar-refractivity contribution in [1.29, 1.82) is 0 Å². The highest BCUT2D eigenvalue weighted by Gasteiger charge is 2.35.